The van der Waals surface area contributed by atoms with Crippen molar-refractivity contribution in [2.24, 2.45) is 17.6 Å². The van der Waals surface area contributed by atoms with E-state index in [1.54, 1.807) is 7.11 Å². The lowest BCUT2D eigenvalue weighted by molar-refractivity contribution is -0.140. The zero-order valence-electron chi connectivity index (χ0n) is 13.0. The molecular weight excluding hydrogens is 252 g/mol. The molecule has 1 amide bonds. The van der Waals surface area contributed by atoms with E-state index in [1.165, 1.54) is 25.7 Å². The fraction of sp³-hybridized carbons (Fsp3) is 0.938. The standard InChI is InChI=1S/C16H30N2O2/c1-12-9-10-18(15-8-4-3-6-13(12)15)16(19)14(17)7-5-11-20-2/h12-15H,3-11,17H2,1-2H3. The first-order valence-corrected chi connectivity index (χ1v) is 8.20. The van der Waals surface area contributed by atoms with Crippen LogP contribution in [0.25, 0.3) is 0 Å². The molecule has 0 bridgehead atoms. The molecule has 2 N–H and O–H groups in total. The Bertz CT molecular complexity index is 322. The molecule has 0 spiro atoms. The van der Waals surface area contributed by atoms with Crippen molar-refractivity contribution in [3.8, 4) is 0 Å². The minimum Gasteiger partial charge on any atom is -0.385 e. The number of nitrogens with zero attached hydrogens (tertiary/aromatic N) is 1. The number of nitrogens with two attached hydrogens (primary N) is 1. The third kappa shape index (κ3) is 3.53. The van der Waals surface area contributed by atoms with E-state index in [0.717, 1.165) is 31.7 Å². The first-order valence-electron chi connectivity index (χ1n) is 8.20. The van der Waals surface area contributed by atoms with Crippen molar-refractivity contribution in [1.29, 1.82) is 0 Å². The van der Waals surface area contributed by atoms with Gasteiger partial charge in [-0.15, -0.1) is 0 Å². The molecule has 4 unspecified atom stereocenters. The molecule has 4 heteroatoms. The summed E-state index contributed by atoms with van der Waals surface area (Å²) in [5, 5.41) is 0. The van der Waals surface area contributed by atoms with Crippen molar-refractivity contribution in [1.82, 2.24) is 4.90 Å². The van der Waals surface area contributed by atoms with Crippen LogP contribution in [0.3, 0.4) is 0 Å². The van der Waals surface area contributed by atoms with Crippen LogP contribution in [0.15, 0.2) is 0 Å². The summed E-state index contributed by atoms with van der Waals surface area (Å²) in [5.41, 5.74) is 6.10. The first kappa shape index (κ1) is 15.8. The molecule has 2 rings (SSSR count). The molecule has 1 aliphatic carbocycles. The van der Waals surface area contributed by atoms with Crippen molar-refractivity contribution in [2.75, 3.05) is 20.3 Å². The van der Waals surface area contributed by atoms with Gasteiger partial charge in [0.1, 0.15) is 0 Å². The van der Waals surface area contributed by atoms with Crippen LogP contribution < -0.4 is 5.73 Å². The summed E-state index contributed by atoms with van der Waals surface area (Å²) in [7, 11) is 1.69. The highest BCUT2D eigenvalue weighted by Crippen LogP contribution is 2.38. The van der Waals surface area contributed by atoms with Crippen molar-refractivity contribution in [3.63, 3.8) is 0 Å². The SMILES string of the molecule is COCCCC(N)C(=O)N1CCC(C)C2CCCCC21. The molecule has 1 saturated carbocycles. The topological polar surface area (TPSA) is 55.6 Å². The predicted molar refractivity (Wildman–Crippen MR) is 80.3 cm³/mol. The number of hydrogen-bond acceptors (Lipinski definition) is 3. The van der Waals surface area contributed by atoms with Gasteiger partial charge in [-0.25, -0.2) is 0 Å². The highest BCUT2D eigenvalue weighted by atomic mass is 16.5. The number of rotatable bonds is 5. The number of ether oxygens (including phenoxy) is 1. The van der Waals surface area contributed by atoms with E-state index in [4.69, 9.17) is 10.5 Å². The summed E-state index contributed by atoms with van der Waals surface area (Å²) < 4.78 is 5.04. The molecule has 1 aliphatic heterocycles. The van der Waals surface area contributed by atoms with E-state index in [2.05, 4.69) is 11.8 Å². The van der Waals surface area contributed by atoms with Gasteiger partial charge in [0.25, 0.3) is 0 Å². The first-order chi connectivity index (χ1) is 9.65. The minimum atomic E-state index is -0.346. The van der Waals surface area contributed by atoms with Gasteiger partial charge in [-0.3, -0.25) is 4.79 Å². The lowest BCUT2D eigenvalue weighted by Crippen LogP contribution is -2.56. The second-order valence-corrected chi connectivity index (χ2v) is 6.55. The van der Waals surface area contributed by atoms with Crippen LogP contribution in [0.1, 0.15) is 51.9 Å². The number of likely N-dealkylation sites (tertiary alicyclic amines) is 1. The van der Waals surface area contributed by atoms with Crippen molar-refractivity contribution in [3.05, 3.63) is 0 Å². The normalized spacial score (nSPS) is 31.8. The van der Waals surface area contributed by atoms with Crippen LogP contribution in [0.2, 0.25) is 0 Å². The number of methoxy groups -OCH3 is 1. The van der Waals surface area contributed by atoms with Crippen molar-refractivity contribution < 1.29 is 9.53 Å². The molecule has 2 fully saturated rings. The molecule has 116 valence electrons. The van der Waals surface area contributed by atoms with Crippen LogP contribution in [0, 0.1) is 11.8 Å². The quantitative estimate of drug-likeness (QED) is 0.786. The van der Waals surface area contributed by atoms with Crippen LogP contribution in [-0.2, 0) is 9.53 Å². The molecule has 20 heavy (non-hydrogen) atoms. The van der Waals surface area contributed by atoms with Gasteiger partial charge in [0.05, 0.1) is 6.04 Å². The zero-order valence-corrected chi connectivity index (χ0v) is 13.0. The molecule has 1 saturated heterocycles. The second kappa shape index (κ2) is 7.41. The fourth-order valence-electron chi connectivity index (χ4n) is 3.97. The largest absolute Gasteiger partial charge is 0.385 e. The van der Waals surface area contributed by atoms with Crippen molar-refractivity contribution >= 4 is 5.91 Å². The van der Waals surface area contributed by atoms with Gasteiger partial charge >= 0.3 is 0 Å². The maximum absolute atomic E-state index is 12.6. The molecule has 4 nitrogen and oxygen atoms in total. The lowest BCUT2D eigenvalue weighted by Gasteiger charge is -2.48. The highest BCUT2D eigenvalue weighted by molar-refractivity contribution is 5.82. The van der Waals surface area contributed by atoms with E-state index in [9.17, 15) is 4.79 Å². The summed E-state index contributed by atoms with van der Waals surface area (Å²) in [6, 6.07) is 0.106. The molecule has 0 aromatic heterocycles. The molecule has 2 aliphatic rings. The Hall–Kier alpha value is -0.610. The lowest BCUT2D eigenvalue weighted by atomic mass is 9.72. The van der Waals surface area contributed by atoms with Crippen LogP contribution in [-0.4, -0.2) is 43.2 Å². The number of amides is 1. The Morgan fingerprint density at radius 2 is 2.10 bits per heavy atom. The summed E-state index contributed by atoms with van der Waals surface area (Å²) in [6.07, 6.45) is 7.78. The van der Waals surface area contributed by atoms with Gasteiger partial charge in [0.2, 0.25) is 5.91 Å². The fourth-order valence-corrected chi connectivity index (χ4v) is 3.97. The van der Waals surface area contributed by atoms with Crippen molar-refractivity contribution in [2.45, 2.75) is 64.0 Å². The maximum atomic E-state index is 12.6. The molecule has 0 aromatic rings. The van der Waals surface area contributed by atoms with Crippen LogP contribution in [0.5, 0.6) is 0 Å². The molecule has 0 aromatic carbocycles. The summed E-state index contributed by atoms with van der Waals surface area (Å²) in [5.74, 6) is 1.63. The van der Waals surface area contributed by atoms with E-state index >= 15 is 0 Å². The molecule has 0 radical (unpaired) electrons. The van der Waals surface area contributed by atoms with Crippen LogP contribution >= 0.6 is 0 Å². The summed E-state index contributed by atoms with van der Waals surface area (Å²) in [6.45, 7) is 3.94. The van der Waals surface area contributed by atoms with Gasteiger partial charge in [-0.1, -0.05) is 19.8 Å². The summed E-state index contributed by atoms with van der Waals surface area (Å²) >= 11 is 0. The Labute approximate surface area is 123 Å². The zero-order chi connectivity index (χ0) is 14.5. The Kier molecular flexibility index (Phi) is 5.85. The average Bonchev–Trinajstić information content (AvgIpc) is 2.47. The highest BCUT2D eigenvalue weighted by Gasteiger charge is 2.40. The van der Waals surface area contributed by atoms with Gasteiger partial charge < -0.3 is 15.4 Å². The third-order valence-electron chi connectivity index (χ3n) is 5.20. The van der Waals surface area contributed by atoms with Gasteiger partial charge in [-0.2, -0.15) is 0 Å². The Balaban J connectivity index is 1.94. The number of hydrogen-bond donors (Lipinski definition) is 1. The smallest absolute Gasteiger partial charge is 0.239 e. The molecular formula is C16H30N2O2. The second-order valence-electron chi connectivity index (χ2n) is 6.55. The monoisotopic (exact) mass is 282 g/mol. The summed E-state index contributed by atoms with van der Waals surface area (Å²) in [4.78, 5) is 14.7. The van der Waals surface area contributed by atoms with E-state index in [1.807, 2.05) is 0 Å². The van der Waals surface area contributed by atoms with E-state index < -0.39 is 0 Å². The van der Waals surface area contributed by atoms with E-state index in [0.29, 0.717) is 18.6 Å². The average molecular weight is 282 g/mol. The van der Waals surface area contributed by atoms with E-state index in [-0.39, 0.29) is 11.9 Å². The third-order valence-corrected chi connectivity index (χ3v) is 5.20. The maximum Gasteiger partial charge on any atom is 0.239 e. The number of carbonyl (C=O) groups excluding carboxylic acids is 1. The predicted octanol–water partition coefficient (Wildman–Crippen LogP) is 2.17. The minimum absolute atomic E-state index is 0.171. The van der Waals surface area contributed by atoms with Gasteiger partial charge in [0, 0.05) is 26.3 Å². The van der Waals surface area contributed by atoms with Gasteiger partial charge in [0.15, 0.2) is 0 Å². The molecule has 4 atom stereocenters. The van der Waals surface area contributed by atoms with Gasteiger partial charge in [-0.05, 0) is 43.9 Å². The Morgan fingerprint density at radius 3 is 2.85 bits per heavy atom. The van der Waals surface area contributed by atoms with Crippen LogP contribution in [0.4, 0.5) is 0 Å². The number of carbonyl (C=O) groups is 1. The molecule has 1 heterocycles. The number of fused-ring (bicyclic) bond motifs is 1. The number of piperidine rings is 1. The Morgan fingerprint density at radius 1 is 1.35 bits per heavy atom.